The van der Waals surface area contributed by atoms with Gasteiger partial charge in [-0.15, -0.1) is 0 Å². The van der Waals surface area contributed by atoms with Crippen molar-refractivity contribution in [2.24, 2.45) is 11.3 Å². The number of nitrogens with zero attached hydrogens (tertiary/aromatic N) is 1. The van der Waals surface area contributed by atoms with E-state index in [0.717, 1.165) is 13.0 Å². The van der Waals surface area contributed by atoms with Gasteiger partial charge in [0, 0.05) is 24.6 Å². The van der Waals surface area contributed by atoms with E-state index in [-0.39, 0.29) is 17.4 Å². The van der Waals surface area contributed by atoms with Crippen LogP contribution in [0.5, 0.6) is 0 Å². The molecule has 0 bridgehead atoms. The standard InChI is InChI=1S/C17H22N2O2/c1-17(2,3)15-14(7-8-21-15)11-19-16(20)13-6-4-5-12(9-13)10-18/h4-6,9,14-15H,7-8,11H2,1-3H3,(H,19,20)/t14-,15+/m1/s1. The molecule has 2 atom stereocenters. The van der Waals surface area contributed by atoms with Gasteiger partial charge in [-0.05, 0) is 30.0 Å². The van der Waals surface area contributed by atoms with Crippen LogP contribution in [-0.4, -0.2) is 25.2 Å². The first kappa shape index (κ1) is 15.5. The lowest BCUT2D eigenvalue weighted by Crippen LogP contribution is -2.38. The third-order valence-electron chi connectivity index (χ3n) is 3.85. The van der Waals surface area contributed by atoms with Crippen molar-refractivity contribution in [2.75, 3.05) is 13.2 Å². The van der Waals surface area contributed by atoms with Crippen LogP contribution in [0.4, 0.5) is 0 Å². The second kappa shape index (κ2) is 6.28. The predicted octanol–water partition coefficient (Wildman–Crippen LogP) is 2.74. The van der Waals surface area contributed by atoms with Crippen LogP contribution in [0.15, 0.2) is 24.3 Å². The molecule has 0 unspecified atom stereocenters. The van der Waals surface area contributed by atoms with Crippen LogP contribution < -0.4 is 5.32 Å². The average molecular weight is 286 g/mol. The molecule has 1 aromatic carbocycles. The first-order chi connectivity index (χ1) is 9.91. The minimum Gasteiger partial charge on any atom is -0.377 e. The molecule has 2 rings (SSSR count). The van der Waals surface area contributed by atoms with Crippen LogP contribution in [0.25, 0.3) is 0 Å². The molecule has 0 saturated carbocycles. The van der Waals surface area contributed by atoms with E-state index in [1.165, 1.54) is 0 Å². The Morgan fingerprint density at radius 2 is 2.24 bits per heavy atom. The van der Waals surface area contributed by atoms with Gasteiger partial charge in [-0.3, -0.25) is 4.79 Å². The fourth-order valence-electron chi connectivity index (χ4n) is 2.86. The summed E-state index contributed by atoms with van der Waals surface area (Å²) in [6, 6.07) is 8.80. The largest absolute Gasteiger partial charge is 0.377 e. The molecule has 1 aliphatic rings. The van der Waals surface area contributed by atoms with Gasteiger partial charge in [0.2, 0.25) is 0 Å². The van der Waals surface area contributed by atoms with Crippen molar-refractivity contribution < 1.29 is 9.53 Å². The minimum absolute atomic E-state index is 0.0760. The van der Waals surface area contributed by atoms with Crippen LogP contribution in [0, 0.1) is 22.7 Å². The Labute approximate surface area is 126 Å². The van der Waals surface area contributed by atoms with Gasteiger partial charge in [0.25, 0.3) is 5.91 Å². The van der Waals surface area contributed by atoms with E-state index < -0.39 is 0 Å². The van der Waals surface area contributed by atoms with Crippen molar-refractivity contribution >= 4 is 5.91 Å². The van der Waals surface area contributed by atoms with Gasteiger partial charge >= 0.3 is 0 Å². The topological polar surface area (TPSA) is 62.1 Å². The number of hydrogen-bond donors (Lipinski definition) is 1. The summed E-state index contributed by atoms with van der Waals surface area (Å²) >= 11 is 0. The molecule has 1 aromatic rings. The molecule has 1 fully saturated rings. The zero-order valence-electron chi connectivity index (χ0n) is 12.8. The van der Waals surface area contributed by atoms with Gasteiger partial charge in [0.05, 0.1) is 17.7 Å². The second-order valence-corrected chi connectivity index (χ2v) is 6.61. The molecule has 0 radical (unpaired) electrons. The number of benzene rings is 1. The van der Waals surface area contributed by atoms with Crippen molar-refractivity contribution in [3.05, 3.63) is 35.4 Å². The number of carbonyl (C=O) groups excluding carboxylic acids is 1. The molecule has 21 heavy (non-hydrogen) atoms. The van der Waals surface area contributed by atoms with Gasteiger partial charge in [-0.2, -0.15) is 5.26 Å². The lowest BCUT2D eigenvalue weighted by molar-refractivity contribution is 0.00737. The SMILES string of the molecule is CC(C)(C)[C@H]1OCC[C@@H]1CNC(=O)c1cccc(C#N)c1. The van der Waals surface area contributed by atoms with Gasteiger partial charge in [0.15, 0.2) is 0 Å². The molecule has 0 aliphatic carbocycles. The summed E-state index contributed by atoms with van der Waals surface area (Å²) in [5.41, 5.74) is 1.10. The van der Waals surface area contributed by atoms with Gasteiger partial charge in [-0.1, -0.05) is 26.8 Å². The highest BCUT2D eigenvalue weighted by Crippen LogP contribution is 2.34. The summed E-state index contributed by atoms with van der Waals surface area (Å²) in [4.78, 5) is 12.2. The summed E-state index contributed by atoms with van der Waals surface area (Å²) in [5, 5.41) is 11.8. The zero-order valence-corrected chi connectivity index (χ0v) is 12.8. The summed E-state index contributed by atoms with van der Waals surface area (Å²) in [6.07, 6.45) is 1.14. The predicted molar refractivity (Wildman–Crippen MR) is 80.8 cm³/mol. The lowest BCUT2D eigenvalue weighted by Gasteiger charge is -2.31. The second-order valence-electron chi connectivity index (χ2n) is 6.61. The third-order valence-corrected chi connectivity index (χ3v) is 3.85. The molecule has 4 heteroatoms. The first-order valence-electron chi connectivity index (χ1n) is 7.32. The average Bonchev–Trinajstić information content (AvgIpc) is 2.93. The van der Waals surface area contributed by atoms with E-state index >= 15 is 0 Å². The molecule has 112 valence electrons. The van der Waals surface area contributed by atoms with Crippen LogP contribution in [-0.2, 0) is 4.74 Å². The van der Waals surface area contributed by atoms with Crippen LogP contribution in [0.3, 0.4) is 0 Å². The van der Waals surface area contributed by atoms with Crippen LogP contribution in [0.2, 0.25) is 0 Å². The van der Waals surface area contributed by atoms with Gasteiger partial charge in [-0.25, -0.2) is 0 Å². The number of nitrogens with one attached hydrogen (secondary N) is 1. The summed E-state index contributed by atoms with van der Waals surface area (Å²) in [7, 11) is 0. The third kappa shape index (κ3) is 3.83. The summed E-state index contributed by atoms with van der Waals surface area (Å²) in [6.45, 7) is 7.85. The van der Waals surface area contributed by atoms with Crippen molar-refractivity contribution in [3.8, 4) is 6.07 Å². The molecule has 1 amide bonds. The van der Waals surface area contributed by atoms with E-state index in [1.54, 1.807) is 24.3 Å². The van der Waals surface area contributed by atoms with Gasteiger partial charge < -0.3 is 10.1 Å². The number of ether oxygens (including phenoxy) is 1. The Bertz CT molecular complexity index is 555. The molecular formula is C17H22N2O2. The Kier molecular flexibility index (Phi) is 4.64. The maximum Gasteiger partial charge on any atom is 0.251 e. The Morgan fingerprint density at radius 1 is 1.48 bits per heavy atom. The number of hydrogen-bond acceptors (Lipinski definition) is 3. The quantitative estimate of drug-likeness (QED) is 0.929. The molecule has 0 aromatic heterocycles. The van der Waals surface area contributed by atoms with E-state index in [2.05, 4.69) is 26.1 Å². The number of rotatable bonds is 3. The fraction of sp³-hybridized carbons (Fsp3) is 0.529. The van der Waals surface area contributed by atoms with E-state index in [9.17, 15) is 4.79 Å². The van der Waals surface area contributed by atoms with Crippen molar-refractivity contribution in [3.63, 3.8) is 0 Å². The lowest BCUT2D eigenvalue weighted by atomic mass is 9.81. The molecular weight excluding hydrogens is 264 g/mol. The Morgan fingerprint density at radius 3 is 2.90 bits per heavy atom. The Balaban J connectivity index is 1.96. The Hall–Kier alpha value is -1.86. The van der Waals surface area contributed by atoms with Gasteiger partial charge in [0.1, 0.15) is 0 Å². The minimum atomic E-state index is -0.133. The maximum atomic E-state index is 12.2. The summed E-state index contributed by atoms with van der Waals surface area (Å²) in [5.74, 6) is 0.208. The van der Waals surface area contributed by atoms with E-state index in [1.807, 2.05) is 6.07 Å². The molecule has 1 saturated heterocycles. The zero-order chi connectivity index (χ0) is 15.5. The monoisotopic (exact) mass is 286 g/mol. The maximum absolute atomic E-state index is 12.2. The summed E-state index contributed by atoms with van der Waals surface area (Å²) < 4.78 is 5.81. The number of carbonyl (C=O) groups is 1. The van der Waals surface area contributed by atoms with E-state index in [0.29, 0.717) is 23.6 Å². The fourth-order valence-corrected chi connectivity index (χ4v) is 2.86. The van der Waals surface area contributed by atoms with Crippen LogP contribution >= 0.6 is 0 Å². The highest BCUT2D eigenvalue weighted by molar-refractivity contribution is 5.94. The molecule has 0 spiro atoms. The van der Waals surface area contributed by atoms with Crippen molar-refractivity contribution in [1.82, 2.24) is 5.32 Å². The molecule has 4 nitrogen and oxygen atoms in total. The molecule has 1 aliphatic heterocycles. The number of amides is 1. The molecule has 1 heterocycles. The normalized spacial score (nSPS) is 21.8. The highest BCUT2D eigenvalue weighted by atomic mass is 16.5. The molecule has 1 N–H and O–H groups in total. The number of nitriles is 1. The smallest absolute Gasteiger partial charge is 0.251 e. The van der Waals surface area contributed by atoms with E-state index in [4.69, 9.17) is 10.00 Å². The van der Waals surface area contributed by atoms with Crippen molar-refractivity contribution in [2.45, 2.75) is 33.3 Å². The first-order valence-corrected chi connectivity index (χ1v) is 7.32. The van der Waals surface area contributed by atoms with Crippen LogP contribution in [0.1, 0.15) is 43.1 Å². The highest BCUT2D eigenvalue weighted by Gasteiger charge is 2.37. The van der Waals surface area contributed by atoms with Crippen molar-refractivity contribution in [1.29, 1.82) is 5.26 Å².